The topological polar surface area (TPSA) is 29.5 Å². The number of likely N-dealkylation sites (tertiary alicyclic amines) is 1. The average molecular weight is 211 g/mol. The molecule has 2 aliphatic rings. The molecule has 2 rings (SSSR count). The third-order valence-electron chi connectivity index (χ3n) is 3.72. The van der Waals surface area contributed by atoms with Crippen molar-refractivity contribution in [3.63, 3.8) is 0 Å². The molecule has 2 fully saturated rings. The van der Waals surface area contributed by atoms with Gasteiger partial charge in [-0.15, -0.1) is 0 Å². The van der Waals surface area contributed by atoms with Crippen molar-refractivity contribution in [3.05, 3.63) is 0 Å². The highest BCUT2D eigenvalue weighted by Gasteiger charge is 2.41. The van der Waals surface area contributed by atoms with Crippen LogP contribution in [0.25, 0.3) is 0 Å². The van der Waals surface area contributed by atoms with Gasteiger partial charge in [0, 0.05) is 0 Å². The van der Waals surface area contributed by atoms with E-state index in [1.165, 1.54) is 32.8 Å². The van der Waals surface area contributed by atoms with E-state index in [2.05, 4.69) is 11.8 Å². The molecule has 1 heterocycles. The minimum absolute atomic E-state index is 0.0212. The normalized spacial score (nSPS) is 26.3. The molecule has 0 bridgehead atoms. The van der Waals surface area contributed by atoms with Crippen molar-refractivity contribution in [1.82, 2.24) is 4.90 Å². The van der Waals surface area contributed by atoms with Gasteiger partial charge < -0.3 is 4.74 Å². The van der Waals surface area contributed by atoms with E-state index >= 15 is 0 Å². The van der Waals surface area contributed by atoms with Crippen molar-refractivity contribution in [1.29, 1.82) is 0 Å². The van der Waals surface area contributed by atoms with Crippen LogP contribution in [0.3, 0.4) is 0 Å². The summed E-state index contributed by atoms with van der Waals surface area (Å²) in [5, 5.41) is 0. The number of rotatable bonds is 3. The summed E-state index contributed by atoms with van der Waals surface area (Å²) in [4.78, 5) is 14.0. The van der Waals surface area contributed by atoms with E-state index in [-0.39, 0.29) is 12.0 Å². The Morgan fingerprint density at radius 2 is 1.87 bits per heavy atom. The number of piperidine rings is 1. The summed E-state index contributed by atoms with van der Waals surface area (Å²) in [6.45, 7) is 4.43. The Balaban J connectivity index is 1.95. The second kappa shape index (κ2) is 4.52. The van der Waals surface area contributed by atoms with Crippen LogP contribution in [0.2, 0.25) is 0 Å². The van der Waals surface area contributed by atoms with Crippen LogP contribution in [0.1, 0.15) is 32.6 Å². The standard InChI is InChI=1S/C12H21NO2/c1-9-5-7-13(8-6-9)11(10-3-4-10)12(14)15-2/h9-11H,3-8H2,1-2H3. The van der Waals surface area contributed by atoms with E-state index < -0.39 is 0 Å². The summed E-state index contributed by atoms with van der Waals surface area (Å²) in [5.41, 5.74) is 0. The van der Waals surface area contributed by atoms with Crippen molar-refractivity contribution < 1.29 is 9.53 Å². The quantitative estimate of drug-likeness (QED) is 0.665. The van der Waals surface area contributed by atoms with E-state index in [0.717, 1.165) is 19.0 Å². The zero-order chi connectivity index (χ0) is 10.8. The molecule has 0 amide bonds. The first-order valence-corrected chi connectivity index (χ1v) is 6.04. The van der Waals surface area contributed by atoms with Crippen molar-refractivity contribution in [2.24, 2.45) is 11.8 Å². The molecule has 0 aromatic rings. The smallest absolute Gasteiger partial charge is 0.323 e. The fraction of sp³-hybridized carbons (Fsp3) is 0.917. The van der Waals surface area contributed by atoms with Gasteiger partial charge in [-0.1, -0.05) is 6.92 Å². The van der Waals surface area contributed by atoms with Crippen molar-refractivity contribution in [2.45, 2.75) is 38.6 Å². The van der Waals surface area contributed by atoms with Crippen LogP contribution in [-0.4, -0.2) is 37.1 Å². The van der Waals surface area contributed by atoms with Crippen LogP contribution in [0, 0.1) is 11.8 Å². The molecular formula is C12H21NO2. The molecule has 86 valence electrons. The number of carbonyl (C=O) groups is 1. The number of ether oxygens (including phenoxy) is 1. The maximum absolute atomic E-state index is 11.7. The van der Waals surface area contributed by atoms with Gasteiger partial charge in [-0.2, -0.15) is 0 Å². The maximum Gasteiger partial charge on any atom is 0.323 e. The van der Waals surface area contributed by atoms with Crippen molar-refractivity contribution >= 4 is 5.97 Å². The molecule has 1 aliphatic carbocycles. The molecule has 3 heteroatoms. The predicted octanol–water partition coefficient (Wildman–Crippen LogP) is 1.67. The van der Waals surface area contributed by atoms with Gasteiger partial charge in [-0.05, 0) is 50.6 Å². The van der Waals surface area contributed by atoms with Gasteiger partial charge in [0.2, 0.25) is 0 Å². The Morgan fingerprint density at radius 1 is 1.27 bits per heavy atom. The van der Waals surface area contributed by atoms with E-state index in [0.29, 0.717) is 5.92 Å². The largest absolute Gasteiger partial charge is 0.468 e. The summed E-state index contributed by atoms with van der Waals surface area (Å²) in [6.07, 6.45) is 4.85. The molecule has 1 atom stereocenters. The molecule has 1 unspecified atom stereocenters. The highest BCUT2D eigenvalue weighted by molar-refractivity contribution is 5.76. The Bertz CT molecular complexity index is 230. The zero-order valence-corrected chi connectivity index (χ0v) is 9.74. The van der Waals surface area contributed by atoms with Crippen LogP contribution in [-0.2, 0) is 9.53 Å². The Morgan fingerprint density at radius 3 is 2.33 bits per heavy atom. The second-order valence-corrected chi connectivity index (χ2v) is 5.02. The molecule has 0 aromatic carbocycles. The van der Waals surface area contributed by atoms with E-state index in [1.54, 1.807) is 0 Å². The number of carbonyl (C=O) groups excluding carboxylic acids is 1. The van der Waals surface area contributed by atoms with Gasteiger partial charge in [0.15, 0.2) is 0 Å². The Kier molecular flexibility index (Phi) is 3.29. The van der Waals surface area contributed by atoms with Crippen LogP contribution in [0.5, 0.6) is 0 Å². The van der Waals surface area contributed by atoms with Crippen LogP contribution >= 0.6 is 0 Å². The van der Waals surface area contributed by atoms with Crippen molar-refractivity contribution in [2.75, 3.05) is 20.2 Å². The lowest BCUT2D eigenvalue weighted by atomic mass is 9.97. The average Bonchev–Trinajstić information content (AvgIpc) is 3.05. The lowest BCUT2D eigenvalue weighted by molar-refractivity contribution is -0.148. The first-order valence-electron chi connectivity index (χ1n) is 6.04. The van der Waals surface area contributed by atoms with Crippen LogP contribution in [0.4, 0.5) is 0 Å². The van der Waals surface area contributed by atoms with Gasteiger partial charge in [-0.25, -0.2) is 0 Å². The molecular weight excluding hydrogens is 190 g/mol. The number of esters is 1. The van der Waals surface area contributed by atoms with E-state index in [4.69, 9.17) is 4.74 Å². The highest BCUT2D eigenvalue weighted by Crippen LogP contribution is 2.37. The molecule has 0 aromatic heterocycles. The molecule has 0 spiro atoms. The van der Waals surface area contributed by atoms with Gasteiger partial charge in [0.1, 0.15) is 6.04 Å². The monoisotopic (exact) mass is 211 g/mol. The molecule has 1 saturated carbocycles. The number of nitrogens with zero attached hydrogens (tertiary/aromatic N) is 1. The summed E-state index contributed by atoms with van der Waals surface area (Å²) in [6, 6.07) is 0.0579. The first kappa shape index (κ1) is 10.9. The second-order valence-electron chi connectivity index (χ2n) is 5.02. The molecule has 3 nitrogen and oxygen atoms in total. The Labute approximate surface area is 91.8 Å². The first-order chi connectivity index (χ1) is 7.22. The summed E-state index contributed by atoms with van der Waals surface area (Å²) in [7, 11) is 1.50. The number of methoxy groups -OCH3 is 1. The van der Waals surface area contributed by atoms with Gasteiger partial charge >= 0.3 is 5.97 Å². The summed E-state index contributed by atoms with van der Waals surface area (Å²) >= 11 is 0. The minimum atomic E-state index is -0.0212. The minimum Gasteiger partial charge on any atom is -0.468 e. The van der Waals surface area contributed by atoms with Crippen LogP contribution < -0.4 is 0 Å². The molecule has 0 radical (unpaired) electrons. The summed E-state index contributed by atoms with van der Waals surface area (Å²) in [5.74, 6) is 1.37. The number of hydrogen-bond acceptors (Lipinski definition) is 3. The Hall–Kier alpha value is -0.570. The summed E-state index contributed by atoms with van der Waals surface area (Å²) < 4.78 is 4.91. The SMILES string of the molecule is COC(=O)C(C1CC1)N1CCC(C)CC1. The van der Waals surface area contributed by atoms with E-state index in [9.17, 15) is 4.79 Å². The molecule has 1 aliphatic heterocycles. The predicted molar refractivity (Wildman–Crippen MR) is 58.5 cm³/mol. The molecule has 15 heavy (non-hydrogen) atoms. The zero-order valence-electron chi connectivity index (χ0n) is 9.74. The third kappa shape index (κ3) is 2.51. The third-order valence-corrected chi connectivity index (χ3v) is 3.72. The molecule has 1 saturated heterocycles. The molecule has 0 N–H and O–H groups in total. The van der Waals surface area contributed by atoms with E-state index in [1.807, 2.05) is 0 Å². The van der Waals surface area contributed by atoms with Gasteiger partial charge in [-0.3, -0.25) is 9.69 Å². The lowest BCUT2D eigenvalue weighted by Gasteiger charge is -2.35. The number of hydrogen-bond donors (Lipinski definition) is 0. The lowest BCUT2D eigenvalue weighted by Crippen LogP contribution is -2.47. The van der Waals surface area contributed by atoms with Crippen LogP contribution in [0.15, 0.2) is 0 Å². The maximum atomic E-state index is 11.7. The highest BCUT2D eigenvalue weighted by atomic mass is 16.5. The fourth-order valence-corrected chi connectivity index (χ4v) is 2.48. The fourth-order valence-electron chi connectivity index (χ4n) is 2.48. The van der Waals surface area contributed by atoms with Gasteiger partial charge in [0.25, 0.3) is 0 Å². The van der Waals surface area contributed by atoms with Crippen molar-refractivity contribution in [3.8, 4) is 0 Å². The van der Waals surface area contributed by atoms with Gasteiger partial charge in [0.05, 0.1) is 7.11 Å².